The van der Waals surface area contributed by atoms with Gasteiger partial charge in [0.1, 0.15) is 11.5 Å². The molecule has 0 saturated heterocycles. The predicted molar refractivity (Wildman–Crippen MR) is 117 cm³/mol. The summed E-state index contributed by atoms with van der Waals surface area (Å²) in [7, 11) is 0. The molecule has 1 aliphatic carbocycles. The lowest BCUT2D eigenvalue weighted by atomic mass is 9.72. The Morgan fingerprint density at radius 3 is 2.71 bits per heavy atom. The SMILES string of the molecule is C[C@@H](CC1CCC2(CC1)OC(=O)NN=C2c1ccccc1OC(F)(F)F)NC(=O)c1cc(Cl)no1. The number of hydrogen-bond donors (Lipinski definition) is 2. The third-order valence-corrected chi connectivity index (χ3v) is 6.21. The number of nitrogens with one attached hydrogen (secondary N) is 2. The summed E-state index contributed by atoms with van der Waals surface area (Å²) in [6.45, 7) is 1.85. The number of aromatic nitrogens is 1. The molecule has 35 heavy (non-hydrogen) atoms. The van der Waals surface area contributed by atoms with Crippen LogP contribution < -0.4 is 15.5 Å². The van der Waals surface area contributed by atoms with Gasteiger partial charge in [-0.3, -0.25) is 4.79 Å². The standard InChI is InChI=1S/C22H22ClF3N4O5/c1-12(27-19(31)16-11-17(23)30-35-16)10-13-6-8-21(9-7-13)18(28-29-20(32)34-21)14-4-2-3-5-15(14)33-22(24,25)26/h2-5,11-13H,6-10H2,1H3,(H,27,31)(H,29,32)/t12-,13?,21?/m0/s1. The van der Waals surface area contributed by atoms with E-state index in [2.05, 4.69) is 25.7 Å². The summed E-state index contributed by atoms with van der Waals surface area (Å²) in [5.41, 5.74) is 1.28. The van der Waals surface area contributed by atoms with Crippen molar-refractivity contribution in [2.75, 3.05) is 0 Å². The number of para-hydroxylation sites is 1. The van der Waals surface area contributed by atoms with E-state index in [1.807, 2.05) is 6.92 Å². The van der Waals surface area contributed by atoms with Gasteiger partial charge in [0, 0.05) is 17.7 Å². The van der Waals surface area contributed by atoms with Crippen LogP contribution in [0, 0.1) is 5.92 Å². The van der Waals surface area contributed by atoms with Crippen molar-refractivity contribution in [3.63, 3.8) is 0 Å². The van der Waals surface area contributed by atoms with Crippen molar-refractivity contribution in [2.45, 2.75) is 57.0 Å². The van der Waals surface area contributed by atoms with Crippen LogP contribution in [-0.4, -0.2) is 40.9 Å². The molecule has 2 heterocycles. The van der Waals surface area contributed by atoms with Gasteiger partial charge in [0.05, 0.1) is 0 Å². The first kappa shape index (κ1) is 24.8. The maximum atomic E-state index is 12.9. The van der Waals surface area contributed by atoms with Crippen molar-refractivity contribution in [1.29, 1.82) is 0 Å². The Kier molecular flexibility index (Phi) is 6.93. The van der Waals surface area contributed by atoms with Gasteiger partial charge in [-0.25, -0.2) is 10.2 Å². The van der Waals surface area contributed by atoms with Crippen LogP contribution in [0.3, 0.4) is 0 Å². The van der Waals surface area contributed by atoms with E-state index in [1.165, 1.54) is 24.3 Å². The molecule has 1 aromatic carbocycles. The largest absolute Gasteiger partial charge is 0.573 e. The molecule has 2 N–H and O–H groups in total. The van der Waals surface area contributed by atoms with E-state index in [0.717, 1.165) is 0 Å². The quantitative estimate of drug-likeness (QED) is 0.572. The number of hydrogen-bond acceptors (Lipinski definition) is 7. The van der Waals surface area contributed by atoms with Crippen molar-refractivity contribution >= 4 is 29.3 Å². The number of carbonyl (C=O) groups excluding carboxylic acids is 2. The van der Waals surface area contributed by atoms with Gasteiger partial charge >= 0.3 is 12.5 Å². The Bertz CT molecular complexity index is 1130. The highest BCUT2D eigenvalue weighted by Crippen LogP contribution is 2.42. The van der Waals surface area contributed by atoms with Crippen LogP contribution in [0.15, 0.2) is 40.0 Å². The molecular formula is C22H22ClF3N4O5. The Labute approximate surface area is 203 Å². The van der Waals surface area contributed by atoms with E-state index >= 15 is 0 Å². The summed E-state index contributed by atoms with van der Waals surface area (Å²) >= 11 is 5.68. The first-order valence-electron chi connectivity index (χ1n) is 10.9. The molecule has 1 aromatic heterocycles. The normalized spacial score (nSPS) is 23.2. The van der Waals surface area contributed by atoms with Gasteiger partial charge in [-0.05, 0) is 57.1 Å². The maximum Gasteiger partial charge on any atom is 0.573 e. The average molecular weight is 515 g/mol. The Morgan fingerprint density at radius 1 is 1.34 bits per heavy atom. The predicted octanol–water partition coefficient (Wildman–Crippen LogP) is 4.81. The smallest absolute Gasteiger partial charge is 0.435 e. The second kappa shape index (κ2) is 9.76. The Balaban J connectivity index is 1.45. The highest BCUT2D eigenvalue weighted by molar-refractivity contribution is 6.29. The zero-order chi connectivity index (χ0) is 25.2. The van der Waals surface area contributed by atoms with Crippen LogP contribution in [0.4, 0.5) is 18.0 Å². The van der Waals surface area contributed by atoms with Crippen LogP contribution in [0.1, 0.15) is 55.1 Å². The Hall–Kier alpha value is -3.28. The fraction of sp³-hybridized carbons (Fsp3) is 0.455. The number of benzene rings is 1. The van der Waals surface area contributed by atoms with Crippen molar-refractivity contribution < 1.29 is 36.8 Å². The number of amides is 2. The molecule has 0 bridgehead atoms. The number of nitrogens with zero attached hydrogens (tertiary/aromatic N) is 2. The maximum absolute atomic E-state index is 12.9. The highest BCUT2D eigenvalue weighted by Gasteiger charge is 2.47. The van der Waals surface area contributed by atoms with Gasteiger partial charge in [-0.1, -0.05) is 28.9 Å². The highest BCUT2D eigenvalue weighted by atomic mass is 35.5. The number of carbonyl (C=O) groups is 2. The molecule has 188 valence electrons. The zero-order valence-corrected chi connectivity index (χ0v) is 19.3. The summed E-state index contributed by atoms with van der Waals surface area (Å²) < 4.78 is 53.5. The summed E-state index contributed by atoms with van der Waals surface area (Å²) in [6, 6.07) is 6.73. The van der Waals surface area contributed by atoms with Gasteiger partial charge in [0.15, 0.2) is 10.8 Å². The molecule has 0 unspecified atom stereocenters. The van der Waals surface area contributed by atoms with Crippen molar-refractivity contribution in [3.8, 4) is 5.75 Å². The van der Waals surface area contributed by atoms with E-state index in [1.54, 1.807) is 6.07 Å². The minimum absolute atomic E-state index is 0.00617. The lowest BCUT2D eigenvalue weighted by molar-refractivity contribution is -0.274. The number of ether oxygens (including phenoxy) is 2. The Morgan fingerprint density at radius 2 is 2.06 bits per heavy atom. The molecule has 2 aromatic rings. The topological polar surface area (TPSA) is 115 Å². The molecule has 0 radical (unpaired) electrons. The first-order chi connectivity index (χ1) is 16.5. The van der Waals surface area contributed by atoms with E-state index in [4.69, 9.17) is 20.9 Å². The third-order valence-electron chi connectivity index (χ3n) is 6.03. The molecule has 1 atom stereocenters. The van der Waals surface area contributed by atoms with E-state index < -0.39 is 29.7 Å². The zero-order valence-electron chi connectivity index (χ0n) is 18.5. The minimum atomic E-state index is -4.89. The molecule has 1 spiro atoms. The van der Waals surface area contributed by atoms with Crippen molar-refractivity contribution in [1.82, 2.24) is 15.9 Å². The molecule has 9 nitrogen and oxygen atoms in total. The van der Waals surface area contributed by atoms with Gasteiger partial charge in [0.25, 0.3) is 5.91 Å². The van der Waals surface area contributed by atoms with Crippen LogP contribution in [-0.2, 0) is 4.74 Å². The minimum Gasteiger partial charge on any atom is -0.435 e. The monoisotopic (exact) mass is 514 g/mol. The second-order valence-corrected chi connectivity index (χ2v) is 8.95. The van der Waals surface area contributed by atoms with E-state index in [9.17, 15) is 22.8 Å². The van der Waals surface area contributed by atoms with Crippen molar-refractivity contribution in [2.24, 2.45) is 11.0 Å². The second-order valence-electron chi connectivity index (χ2n) is 8.57. The number of rotatable bonds is 6. The van der Waals surface area contributed by atoms with Crippen LogP contribution in [0.5, 0.6) is 5.75 Å². The third kappa shape index (κ3) is 5.87. The molecular weight excluding hydrogens is 493 g/mol. The number of halogens is 4. The summed E-state index contributed by atoms with van der Waals surface area (Å²) in [6.07, 6.45) is -3.13. The summed E-state index contributed by atoms with van der Waals surface area (Å²) in [5, 5.41) is 10.4. The van der Waals surface area contributed by atoms with Crippen LogP contribution in [0.2, 0.25) is 5.15 Å². The molecule has 2 aliphatic rings. The molecule has 1 aliphatic heterocycles. The average Bonchev–Trinajstić information content (AvgIpc) is 3.22. The van der Waals surface area contributed by atoms with Gasteiger partial charge in [0.2, 0.25) is 5.76 Å². The summed E-state index contributed by atoms with van der Waals surface area (Å²) in [4.78, 5) is 24.3. The molecule has 13 heteroatoms. The van der Waals surface area contributed by atoms with Crippen LogP contribution >= 0.6 is 11.6 Å². The van der Waals surface area contributed by atoms with Gasteiger partial charge < -0.3 is 19.3 Å². The van der Waals surface area contributed by atoms with E-state index in [0.29, 0.717) is 32.1 Å². The fourth-order valence-corrected chi connectivity index (χ4v) is 4.70. The van der Waals surface area contributed by atoms with Gasteiger partial charge in [-0.2, -0.15) is 5.10 Å². The summed E-state index contributed by atoms with van der Waals surface area (Å²) in [5.74, 6) is -0.687. The number of hydrazone groups is 1. The number of alkyl halides is 3. The molecule has 1 saturated carbocycles. The van der Waals surface area contributed by atoms with Crippen LogP contribution in [0.25, 0.3) is 0 Å². The lowest BCUT2D eigenvalue weighted by Crippen LogP contribution is -2.52. The molecule has 4 rings (SSSR count). The lowest BCUT2D eigenvalue weighted by Gasteiger charge is -2.42. The van der Waals surface area contributed by atoms with Gasteiger partial charge in [-0.15, -0.1) is 13.2 Å². The van der Waals surface area contributed by atoms with E-state index in [-0.39, 0.29) is 34.1 Å². The molecule has 1 fully saturated rings. The fourth-order valence-electron chi connectivity index (χ4n) is 4.57. The molecule has 2 amide bonds. The first-order valence-corrected chi connectivity index (χ1v) is 11.3. The van der Waals surface area contributed by atoms with Crippen molar-refractivity contribution in [3.05, 3.63) is 46.8 Å².